The minimum atomic E-state index is 0.196. The molecule has 1 heterocycles. The fourth-order valence-corrected chi connectivity index (χ4v) is 2.73. The molecule has 4 heteroatoms. The van der Waals surface area contributed by atoms with Gasteiger partial charge < -0.3 is 11.1 Å². The zero-order valence-corrected chi connectivity index (χ0v) is 11.1. The molecule has 0 radical (unpaired) electrons. The fourth-order valence-electron chi connectivity index (χ4n) is 1.86. The average molecular weight is 249 g/mol. The van der Waals surface area contributed by atoms with Gasteiger partial charge in [0.15, 0.2) is 5.13 Å². The van der Waals surface area contributed by atoms with E-state index in [2.05, 4.69) is 30.2 Å². The van der Waals surface area contributed by atoms with Crippen LogP contribution in [-0.4, -0.2) is 17.6 Å². The predicted octanol–water partition coefficient (Wildman–Crippen LogP) is 3.08. The molecule has 0 bridgehead atoms. The third kappa shape index (κ3) is 3.41. The highest BCUT2D eigenvalue weighted by Crippen LogP contribution is 2.25. The first-order valence-electron chi connectivity index (χ1n) is 6.00. The van der Waals surface area contributed by atoms with Gasteiger partial charge in [0.05, 0.1) is 10.2 Å². The van der Waals surface area contributed by atoms with Crippen LogP contribution in [0.3, 0.4) is 0 Å². The topological polar surface area (TPSA) is 50.9 Å². The summed E-state index contributed by atoms with van der Waals surface area (Å²) < 4.78 is 1.22. The van der Waals surface area contributed by atoms with Crippen molar-refractivity contribution in [2.45, 2.75) is 26.3 Å². The standard InChI is InChI=1S/C13H19N3S/c1-9(2)7-10(14)8-15-13-16-11-5-3-4-6-12(11)17-13/h3-6,9-10H,7-8,14H2,1-2H3,(H,15,16). The molecule has 2 rings (SSSR count). The second-order valence-corrected chi connectivity index (χ2v) is 5.79. The van der Waals surface area contributed by atoms with Crippen molar-refractivity contribution >= 4 is 26.7 Å². The summed E-state index contributed by atoms with van der Waals surface area (Å²) in [5.74, 6) is 0.641. The largest absolute Gasteiger partial charge is 0.360 e. The van der Waals surface area contributed by atoms with E-state index in [0.717, 1.165) is 23.6 Å². The number of hydrogen-bond acceptors (Lipinski definition) is 4. The van der Waals surface area contributed by atoms with E-state index >= 15 is 0 Å². The number of nitrogens with two attached hydrogens (primary N) is 1. The maximum Gasteiger partial charge on any atom is 0.183 e. The van der Waals surface area contributed by atoms with Gasteiger partial charge in [-0.05, 0) is 24.5 Å². The molecule has 0 aliphatic heterocycles. The Hall–Kier alpha value is -1.13. The lowest BCUT2D eigenvalue weighted by molar-refractivity contribution is 0.508. The van der Waals surface area contributed by atoms with Crippen LogP contribution in [0.15, 0.2) is 24.3 Å². The van der Waals surface area contributed by atoms with Crippen LogP contribution >= 0.6 is 11.3 Å². The van der Waals surface area contributed by atoms with Crippen LogP contribution in [0, 0.1) is 5.92 Å². The zero-order chi connectivity index (χ0) is 12.3. The maximum atomic E-state index is 6.03. The molecule has 1 aromatic carbocycles. The highest BCUT2D eigenvalue weighted by molar-refractivity contribution is 7.22. The number of rotatable bonds is 5. The minimum Gasteiger partial charge on any atom is -0.360 e. The third-order valence-corrected chi connectivity index (χ3v) is 3.58. The number of nitrogens with zero attached hydrogens (tertiary/aromatic N) is 1. The Morgan fingerprint density at radius 3 is 2.82 bits per heavy atom. The molecule has 0 saturated heterocycles. The van der Waals surface area contributed by atoms with Gasteiger partial charge >= 0.3 is 0 Å². The summed E-state index contributed by atoms with van der Waals surface area (Å²) in [7, 11) is 0. The van der Waals surface area contributed by atoms with E-state index in [9.17, 15) is 0 Å². The van der Waals surface area contributed by atoms with Crippen molar-refractivity contribution in [1.29, 1.82) is 0 Å². The first-order valence-corrected chi connectivity index (χ1v) is 6.82. The summed E-state index contributed by atoms with van der Waals surface area (Å²) in [6.45, 7) is 5.17. The molecule has 0 spiro atoms. The second kappa shape index (κ2) is 5.47. The second-order valence-electron chi connectivity index (χ2n) is 4.76. The Bertz CT molecular complexity index is 445. The Morgan fingerprint density at radius 2 is 2.12 bits per heavy atom. The molecular weight excluding hydrogens is 230 g/mol. The van der Waals surface area contributed by atoms with Crippen molar-refractivity contribution in [1.82, 2.24) is 4.98 Å². The average Bonchev–Trinajstić information content (AvgIpc) is 2.68. The lowest BCUT2D eigenvalue weighted by Gasteiger charge is -2.13. The van der Waals surface area contributed by atoms with Gasteiger partial charge in [0.2, 0.25) is 0 Å². The summed E-state index contributed by atoms with van der Waals surface area (Å²) in [5.41, 5.74) is 7.08. The van der Waals surface area contributed by atoms with Crippen molar-refractivity contribution in [3.05, 3.63) is 24.3 Å². The molecule has 17 heavy (non-hydrogen) atoms. The van der Waals surface area contributed by atoms with Gasteiger partial charge in [-0.25, -0.2) is 4.98 Å². The quantitative estimate of drug-likeness (QED) is 0.856. The molecule has 3 N–H and O–H groups in total. The first kappa shape index (κ1) is 12.3. The summed E-state index contributed by atoms with van der Waals surface area (Å²) >= 11 is 1.68. The number of para-hydroxylation sites is 1. The van der Waals surface area contributed by atoms with Crippen LogP contribution in [0.1, 0.15) is 20.3 Å². The molecule has 92 valence electrons. The molecule has 0 saturated carbocycles. The van der Waals surface area contributed by atoms with Crippen molar-refractivity contribution in [2.24, 2.45) is 11.7 Å². The summed E-state index contributed by atoms with van der Waals surface area (Å²) in [6, 6.07) is 8.37. The van der Waals surface area contributed by atoms with Gasteiger partial charge in [-0.15, -0.1) is 0 Å². The van der Waals surface area contributed by atoms with E-state index < -0.39 is 0 Å². The monoisotopic (exact) mass is 249 g/mol. The van der Waals surface area contributed by atoms with Crippen molar-refractivity contribution in [3.63, 3.8) is 0 Å². The van der Waals surface area contributed by atoms with E-state index in [1.54, 1.807) is 11.3 Å². The van der Waals surface area contributed by atoms with Crippen LogP contribution in [0.25, 0.3) is 10.2 Å². The molecule has 0 aliphatic rings. The SMILES string of the molecule is CC(C)CC(N)CNc1nc2ccccc2s1. The molecule has 2 aromatic rings. The van der Waals surface area contributed by atoms with Gasteiger partial charge in [-0.3, -0.25) is 0 Å². The Morgan fingerprint density at radius 1 is 1.35 bits per heavy atom. The van der Waals surface area contributed by atoms with Gasteiger partial charge in [0, 0.05) is 12.6 Å². The Kier molecular flexibility index (Phi) is 3.97. The summed E-state index contributed by atoms with van der Waals surface area (Å²) in [5, 5.41) is 4.28. The third-order valence-electron chi connectivity index (χ3n) is 2.58. The van der Waals surface area contributed by atoms with E-state index in [-0.39, 0.29) is 6.04 Å². The van der Waals surface area contributed by atoms with Crippen LogP contribution in [-0.2, 0) is 0 Å². The normalized spacial score (nSPS) is 13.2. The molecule has 0 amide bonds. The van der Waals surface area contributed by atoms with Crippen LogP contribution in [0.5, 0.6) is 0 Å². The molecule has 0 aliphatic carbocycles. The Balaban J connectivity index is 1.95. The number of nitrogens with one attached hydrogen (secondary N) is 1. The van der Waals surface area contributed by atoms with E-state index in [1.165, 1.54) is 4.70 Å². The fraction of sp³-hybridized carbons (Fsp3) is 0.462. The number of hydrogen-bond donors (Lipinski definition) is 2. The smallest absolute Gasteiger partial charge is 0.183 e. The molecule has 1 aromatic heterocycles. The zero-order valence-electron chi connectivity index (χ0n) is 10.3. The number of anilines is 1. The lowest BCUT2D eigenvalue weighted by Crippen LogP contribution is -2.30. The van der Waals surface area contributed by atoms with Crippen molar-refractivity contribution in [3.8, 4) is 0 Å². The van der Waals surface area contributed by atoms with E-state index in [0.29, 0.717) is 5.92 Å². The Labute approximate surface area is 106 Å². The van der Waals surface area contributed by atoms with Gasteiger partial charge in [0.1, 0.15) is 0 Å². The van der Waals surface area contributed by atoms with E-state index in [4.69, 9.17) is 5.73 Å². The summed E-state index contributed by atoms with van der Waals surface area (Å²) in [4.78, 5) is 4.52. The molecular formula is C13H19N3S. The number of aromatic nitrogens is 1. The van der Waals surface area contributed by atoms with E-state index in [1.807, 2.05) is 18.2 Å². The highest BCUT2D eigenvalue weighted by atomic mass is 32.1. The van der Waals surface area contributed by atoms with Crippen LogP contribution in [0.4, 0.5) is 5.13 Å². The summed E-state index contributed by atoms with van der Waals surface area (Å²) in [6.07, 6.45) is 1.04. The van der Waals surface area contributed by atoms with Gasteiger partial charge in [-0.2, -0.15) is 0 Å². The van der Waals surface area contributed by atoms with Crippen molar-refractivity contribution < 1.29 is 0 Å². The number of benzene rings is 1. The predicted molar refractivity (Wildman–Crippen MR) is 75.5 cm³/mol. The van der Waals surface area contributed by atoms with Gasteiger partial charge in [0.25, 0.3) is 0 Å². The molecule has 1 atom stereocenters. The van der Waals surface area contributed by atoms with Crippen LogP contribution in [0.2, 0.25) is 0 Å². The number of thiazole rings is 1. The minimum absolute atomic E-state index is 0.196. The maximum absolute atomic E-state index is 6.03. The first-order chi connectivity index (χ1) is 8.15. The molecule has 1 unspecified atom stereocenters. The molecule has 3 nitrogen and oxygen atoms in total. The van der Waals surface area contributed by atoms with Gasteiger partial charge in [-0.1, -0.05) is 37.3 Å². The highest BCUT2D eigenvalue weighted by Gasteiger charge is 2.07. The lowest BCUT2D eigenvalue weighted by atomic mass is 10.1. The number of fused-ring (bicyclic) bond motifs is 1. The molecule has 0 fully saturated rings. The van der Waals surface area contributed by atoms with Crippen molar-refractivity contribution in [2.75, 3.05) is 11.9 Å². The van der Waals surface area contributed by atoms with Crippen LogP contribution < -0.4 is 11.1 Å².